The van der Waals surface area contributed by atoms with E-state index in [1.54, 1.807) is 12.1 Å². The third-order valence-corrected chi connectivity index (χ3v) is 2.66. The second-order valence-electron chi connectivity index (χ2n) is 2.87. The largest absolute Gasteiger partial charge is 0.481 e. The minimum absolute atomic E-state index is 0.108. The first kappa shape index (κ1) is 11.8. The summed E-state index contributed by atoms with van der Waals surface area (Å²) in [5.41, 5.74) is 9.76. The average molecular weight is 317 g/mol. The van der Waals surface area contributed by atoms with Gasteiger partial charge >= 0.3 is 5.97 Å². The number of hydrogen-bond acceptors (Lipinski definition) is 2. The van der Waals surface area contributed by atoms with Crippen LogP contribution in [0.15, 0.2) is 23.3 Å². The van der Waals surface area contributed by atoms with Crippen LogP contribution in [-0.4, -0.2) is 11.1 Å². The molecule has 0 aliphatic rings. The monoisotopic (exact) mass is 317 g/mol. The molecule has 1 rings (SSSR count). The van der Waals surface area contributed by atoms with Gasteiger partial charge in [0.25, 0.3) is 0 Å². The number of carbonyl (C=O) groups is 1. The van der Waals surface area contributed by atoms with E-state index in [9.17, 15) is 4.79 Å². The first-order valence-electron chi connectivity index (χ1n) is 4.19. The summed E-state index contributed by atoms with van der Waals surface area (Å²) in [5, 5.41) is 12.0. The molecule has 0 heterocycles. The van der Waals surface area contributed by atoms with Crippen LogP contribution in [0.25, 0.3) is 10.4 Å². The second-order valence-corrected chi connectivity index (χ2v) is 4.03. The van der Waals surface area contributed by atoms with E-state index < -0.39 is 5.97 Å². The maximum Gasteiger partial charge on any atom is 0.303 e. The van der Waals surface area contributed by atoms with Crippen molar-refractivity contribution in [2.45, 2.75) is 12.8 Å². The van der Waals surface area contributed by atoms with Gasteiger partial charge in [0.15, 0.2) is 0 Å². The predicted octanol–water partition coefficient (Wildman–Crippen LogP) is 3.25. The molecule has 0 spiro atoms. The Hall–Kier alpha value is -1.27. The molecule has 1 N–H and O–H groups in total. The van der Waals surface area contributed by atoms with E-state index in [0.717, 1.165) is 9.13 Å². The van der Waals surface area contributed by atoms with Gasteiger partial charge < -0.3 is 5.11 Å². The van der Waals surface area contributed by atoms with Crippen molar-refractivity contribution in [3.63, 3.8) is 0 Å². The summed E-state index contributed by atoms with van der Waals surface area (Å²) in [6.45, 7) is 0. The Labute approximate surface area is 99.9 Å². The molecule has 0 radical (unpaired) electrons. The van der Waals surface area contributed by atoms with E-state index in [1.165, 1.54) is 0 Å². The highest BCUT2D eigenvalue weighted by atomic mass is 127. The molecule has 6 heteroatoms. The van der Waals surface area contributed by atoms with Crippen LogP contribution < -0.4 is 0 Å². The molecular weight excluding hydrogens is 309 g/mol. The van der Waals surface area contributed by atoms with Gasteiger partial charge in [-0.3, -0.25) is 4.79 Å². The van der Waals surface area contributed by atoms with Crippen LogP contribution in [-0.2, 0) is 11.2 Å². The molecule has 78 valence electrons. The Morgan fingerprint density at radius 2 is 2.33 bits per heavy atom. The number of halogens is 1. The lowest BCUT2D eigenvalue weighted by Crippen LogP contribution is -1.97. The van der Waals surface area contributed by atoms with Gasteiger partial charge in [-0.2, -0.15) is 0 Å². The number of benzene rings is 1. The van der Waals surface area contributed by atoms with Gasteiger partial charge in [0, 0.05) is 14.9 Å². The quantitative estimate of drug-likeness (QED) is 0.400. The molecule has 5 nitrogen and oxygen atoms in total. The molecule has 15 heavy (non-hydrogen) atoms. The SMILES string of the molecule is [N-]=[N+]=Nc1ccc(CCC(=O)O)cc1I. The van der Waals surface area contributed by atoms with Gasteiger partial charge in [0.05, 0.1) is 5.69 Å². The first-order chi connectivity index (χ1) is 7.13. The standard InChI is InChI=1S/C9H8IN3O2/c10-7-5-6(2-4-9(14)15)1-3-8(7)12-13-11/h1,3,5H,2,4H2,(H,14,15). The Morgan fingerprint density at radius 3 is 2.87 bits per heavy atom. The summed E-state index contributed by atoms with van der Waals surface area (Å²) in [7, 11) is 0. The molecule has 0 aliphatic carbocycles. The predicted molar refractivity (Wildman–Crippen MR) is 63.9 cm³/mol. The third kappa shape index (κ3) is 3.77. The molecule has 0 atom stereocenters. The molecule has 0 bridgehead atoms. The van der Waals surface area contributed by atoms with Crippen molar-refractivity contribution in [1.82, 2.24) is 0 Å². The van der Waals surface area contributed by atoms with E-state index in [-0.39, 0.29) is 6.42 Å². The molecule has 0 unspecified atom stereocenters. The average Bonchev–Trinajstić information content (AvgIpc) is 2.19. The number of aryl methyl sites for hydroxylation is 1. The van der Waals surface area contributed by atoms with Crippen molar-refractivity contribution in [3.8, 4) is 0 Å². The van der Waals surface area contributed by atoms with E-state index in [4.69, 9.17) is 10.6 Å². The fourth-order valence-corrected chi connectivity index (χ4v) is 1.77. The first-order valence-corrected chi connectivity index (χ1v) is 5.26. The lowest BCUT2D eigenvalue weighted by Gasteiger charge is -2.01. The zero-order valence-corrected chi connectivity index (χ0v) is 9.88. The zero-order valence-electron chi connectivity index (χ0n) is 7.72. The molecule has 1 aromatic carbocycles. The Kier molecular flexibility index (Phi) is 4.38. The van der Waals surface area contributed by atoms with Gasteiger partial charge in [0.2, 0.25) is 0 Å². The Morgan fingerprint density at radius 1 is 1.60 bits per heavy atom. The van der Waals surface area contributed by atoms with Crippen molar-refractivity contribution in [2.75, 3.05) is 0 Å². The lowest BCUT2D eigenvalue weighted by atomic mass is 10.1. The number of hydrogen-bond donors (Lipinski definition) is 1. The van der Waals surface area contributed by atoms with Crippen LogP contribution in [0.4, 0.5) is 5.69 Å². The fourth-order valence-electron chi connectivity index (χ4n) is 1.09. The van der Waals surface area contributed by atoms with Crippen molar-refractivity contribution in [1.29, 1.82) is 0 Å². The second kappa shape index (κ2) is 5.57. The van der Waals surface area contributed by atoms with Crippen LogP contribution in [0.2, 0.25) is 0 Å². The van der Waals surface area contributed by atoms with Crippen LogP contribution in [0.1, 0.15) is 12.0 Å². The number of rotatable bonds is 4. The van der Waals surface area contributed by atoms with Gasteiger partial charge in [-0.15, -0.1) is 0 Å². The van der Waals surface area contributed by atoms with Crippen molar-refractivity contribution >= 4 is 34.2 Å². The van der Waals surface area contributed by atoms with Crippen molar-refractivity contribution in [3.05, 3.63) is 37.8 Å². The highest BCUT2D eigenvalue weighted by Gasteiger charge is 2.02. The van der Waals surface area contributed by atoms with E-state index in [0.29, 0.717) is 12.1 Å². The molecule has 0 saturated heterocycles. The topological polar surface area (TPSA) is 86.1 Å². The Bertz CT molecular complexity index is 427. The van der Waals surface area contributed by atoms with Crippen LogP contribution in [0.3, 0.4) is 0 Å². The highest BCUT2D eigenvalue weighted by molar-refractivity contribution is 14.1. The number of aliphatic carboxylic acids is 1. The molecule has 1 aromatic rings. The van der Waals surface area contributed by atoms with Gasteiger partial charge in [-0.05, 0) is 46.2 Å². The maximum atomic E-state index is 10.4. The van der Waals surface area contributed by atoms with E-state index >= 15 is 0 Å². The summed E-state index contributed by atoms with van der Waals surface area (Å²) < 4.78 is 0.827. The lowest BCUT2D eigenvalue weighted by molar-refractivity contribution is -0.136. The maximum absolute atomic E-state index is 10.4. The molecule has 0 aromatic heterocycles. The van der Waals surface area contributed by atoms with Gasteiger partial charge in [0.1, 0.15) is 0 Å². The molecular formula is C9H8IN3O2. The smallest absolute Gasteiger partial charge is 0.303 e. The molecule has 0 aliphatic heterocycles. The van der Waals surface area contributed by atoms with Crippen LogP contribution in [0, 0.1) is 3.57 Å². The number of carboxylic acid groups (broad SMARTS) is 1. The zero-order chi connectivity index (χ0) is 11.3. The van der Waals surface area contributed by atoms with Gasteiger partial charge in [-0.25, -0.2) is 0 Å². The molecule has 0 saturated carbocycles. The molecule has 0 amide bonds. The summed E-state index contributed by atoms with van der Waals surface area (Å²) in [6, 6.07) is 5.29. The summed E-state index contributed by atoms with van der Waals surface area (Å²) in [5.74, 6) is -0.816. The number of azide groups is 1. The summed E-state index contributed by atoms with van der Waals surface area (Å²) >= 11 is 2.05. The number of carboxylic acids is 1. The highest BCUT2D eigenvalue weighted by Crippen LogP contribution is 2.23. The van der Waals surface area contributed by atoms with Gasteiger partial charge in [-0.1, -0.05) is 17.2 Å². The summed E-state index contributed by atoms with van der Waals surface area (Å²) in [6.07, 6.45) is 0.596. The number of nitrogens with zero attached hydrogens (tertiary/aromatic N) is 3. The van der Waals surface area contributed by atoms with Crippen molar-refractivity contribution < 1.29 is 9.90 Å². The molecule has 0 fully saturated rings. The fraction of sp³-hybridized carbons (Fsp3) is 0.222. The van der Waals surface area contributed by atoms with Crippen LogP contribution in [0.5, 0.6) is 0 Å². The minimum Gasteiger partial charge on any atom is -0.481 e. The minimum atomic E-state index is -0.816. The van der Waals surface area contributed by atoms with E-state index in [2.05, 4.69) is 32.6 Å². The Balaban J connectivity index is 2.81. The normalized spacial score (nSPS) is 9.40. The van der Waals surface area contributed by atoms with Crippen molar-refractivity contribution in [2.24, 2.45) is 5.11 Å². The third-order valence-electron chi connectivity index (χ3n) is 1.79. The summed E-state index contributed by atoms with van der Waals surface area (Å²) in [4.78, 5) is 13.1. The van der Waals surface area contributed by atoms with Crippen LogP contribution >= 0.6 is 22.6 Å². The van der Waals surface area contributed by atoms with E-state index in [1.807, 2.05) is 6.07 Å².